The fourth-order valence-electron chi connectivity index (χ4n) is 5.93. The lowest BCUT2D eigenvalue weighted by Gasteiger charge is -2.18. The summed E-state index contributed by atoms with van der Waals surface area (Å²) in [7, 11) is -4.76. The molecule has 1 atom stereocenters. The van der Waals surface area contributed by atoms with E-state index in [-0.39, 0.29) is 19.4 Å². The number of esters is 2. The number of phosphoric acid groups is 1. The number of phosphoric ester groups is 1. The van der Waals surface area contributed by atoms with Crippen LogP contribution in [0.2, 0.25) is 0 Å². The molecule has 304 valence electrons. The first kappa shape index (κ1) is 50.3. The van der Waals surface area contributed by atoms with Crippen molar-refractivity contribution in [3.05, 3.63) is 36.5 Å². The Hall–Kier alpha value is -1.73. The van der Waals surface area contributed by atoms with Gasteiger partial charge in [0.05, 0.1) is 6.61 Å². The SMILES string of the molecule is CCCCC/C=C/C/C=C/CCCCCCCC(=O)OC[C@H](COP(=O)(O)O)OC(=O)CCCCCCCCCCC/C=C/CCCCCCCC. The van der Waals surface area contributed by atoms with E-state index in [0.29, 0.717) is 12.8 Å². The number of rotatable bonds is 39. The highest BCUT2D eigenvalue weighted by Crippen LogP contribution is 2.36. The van der Waals surface area contributed by atoms with Gasteiger partial charge in [-0.15, -0.1) is 0 Å². The van der Waals surface area contributed by atoms with Gasteiger partial charge in [0.1, 0.15) is 6.61 Å². The summed E-state index contributed by atoms with van der Waals surface area (Å²) in [6, 6.07) is 0. The molecule has 0 aliphatic carbocycles. The number of hydrogen-bond donors (Lipinski definition) is 2. The number of unbranched alkanes of at least 4 members (excludes halogenated alkanes) is 23. The first-order chi connectivity index (χ1) is 25.3. The van der Waals surface area contributed by atoms with Crippen LogP contribution in [0.25, 0.3) is 0 Å². The minimum absolute atomic E-state index is 0.207. The highest BCUT2D eigenvalue weighted by Gasteiger charge is 2.22. The van der Waals surface area contributed by atoms with Gasteiger partial charge in [-0.25, -0.2) is 4.57 Å². The molecule has 0 radical (unpaired) electrons. The summed E-state index contributed by atoms with van der Waals surface area (Å²) in [5, 5.41) is 0. The Bertz CT molecular complexity index is 941. The zero-order valence-electron chi connectivity index (χ0n) is 33.5. The topological polar surface area (TPSA) is 119 Å². The molecule has 0 aliphatic heterocycles. The molecule has 0 bridgehead atoms. The molecule has 0 spiro atoms. The van der Waals surface area contributed by atoms with Crippen molar-refractivity contribution in [3.8, 4) is 0 Å². The third-order valence-electron chi connectivity index (χ3n) is 9.13. The first-order valence-corrected chi connectivity index (χ1v) is 22.8. The van der Waals surface area contributed by atoms with Gasteiger partial charge in [0.15, 0.2) is 6.10 Å². The van der Waals surface area contributed by atoms with Gasteiger partial charge in [0.25, 0.3) is 0 Å². The van der Waals surface area contributed by atoms with E-state index in [4.69, 9.17) is 19.3 Å². The third-order valence-corrected chi connectivity index (χ3v) is 9.62. The number of ether oxygens (including phenoxy) is 2. The van der Waals surface area contributed by atoms with Crippen LogP contribution < -0.4 is 0 Å². The largest absolute Gasteiger partial charge is 0.469 e. The fraction of sp³-hybridized carbons (Fsp3) is 0.814. The molecule has 0 aromatic heterocycles. The van der Waals surface area contributed by atoms with Crippen molar-refractivity contribution in [1.82, 2.24) is 0 Å². The van der Waals surface area contributed by atoms with Gasteiger partial charge in [0.2, 0.25) is 0 Å². The normalized spacial score (nSPS) is 12.8. The van der Waals surface area contributed by atoms with Crippen LogP contribution in [0.1, 0.15) is 206 Å². The highest BCUT2D eigenvalue weighted by atomic mass is 31.2. The van der Waals surface area contributed by atoms with E-state index < -0.39 is 32.5 Å². The van der Waals surface area contributed by atoms with Crippen LogP contribution >= 0.6 is 7.82 Å². The lowest BCUT2D eigenvalue weighted by Crippen LogP contribution is -2.29. The average molecular weight is 755 g/mol. The molecule has 0 aliphatic rings. The van der Waals surface area contributed by atoms with Gasteiger partial charge in [-0.2, -0.15) is 0 Å². The van der Waals surface area contributed by atoms with Crippen molar-refractivity contribution in [1.29, 1.82) is 0 Å². The molecule has 8 nitrogen and oxygen atoms in total. The standard InChI is InChI=1S/C43H79O8P/c1-3-5-7-9-11-13-15-17-19-20-21-22-24-26-28-30-32-34-36-38-43(45)51-41(40-50-52(46,47)48)39-49-42(44)37-35-33-31-29-27-25-23-18-16-14-12-10-8-6-4-2/h12,14,17-19,23,41H,3-11,13,15-16,20-22,24-40H2,1-2H3,(H2,46,47,48)/b14-12+,19-17+,23-18+/t41-/m1/s1. The monoisotopic (exact) mass is 755 g/mol. The predicted molar refractivity (Wildman–Crippen MR) is 216 cm³/mol. The maximum atomic E-state index is 12.4. The Kier molecular flexibility index (Phi) is 37.7. The Morgan fingerprint density at radius 3 is 1.33 bits per heavy atom. The second-order valence-corrected chi connectivity index (χ2v) is 15.5. The summed E-state index contributed by atoms with van der Waals surface area (Å²) < 4.78 is 26.4. The van der Waals surface area contributed by atoms with Crippen LogP contribution in [0.5, 0.6) is 0 Å². The molecule has 0 amide bonds. The smallest absolute Gasteiger partial charge is 0.462 e. The fourth-order valence-corrected chi connectivity index (χ4v) is 6.29. The number of carbonyl (C=O) groups is 2. The zero-order valence-corrected chi connectivity index (χ0v) is 34.4. The molecule has 0 unspecified atom stereocenters. The minimum Gasteiger partial charge on any atom is -0.462 e. The summed E-state index contributed by atoms with van der Waals surface area (Å²) >= 11 is 0. The van der Waals surface area contributed by atoms with Crippen molar-refractivity contribution in [2.75, 3.05) is 13.2 Å². The summed E-state index contributed by atoms with van der Waals surface area (Å²) in [4.78, 5) is 42.8. The van der Waals surface area contributed by atoms with Gasteiger partial charge in [-0.1, -0.05) is 159 Å². The Morgan fingerprint density at radius 1 is 0.500 bits per heavy atom. The number of hydrogen-bond acceptors (Lipinski definition) is 6. The van der Waals surface area contributed by atoms with Crippen LogP contribution in [0.4, 0.5) is 0 Å². The van der Waals surface area contributed by atoms with Gasteiger partial charge in [-0.3, -0.25) is 14.1 Å². The molecule has 0 aromatic carbocycles. The molecule has 2 N–H and O–H groups in total. The van der Waals surface area contributed by atoms with Crippen LogP contribution in [0.3, 0.4) is 0 Å². The molecule has 52 heavy (non-hydrogen) atoms. The van der Waals surface area contributed by atoms with Crippen molar-refractivity contribution >= 4 is 19.8 Å². The molecule has 0 aromatic rings. The first-order valence-electron chi connectivity index (χ1n) is 21.3. The van der Waals surface area contributed by atoms with E-state index in [2.05, 4.69) is 54.8 Å². The van der Waals surface area contributed by atoms with Crippen molar-refractivity contribution in [2.45, 2.75) is 213 Å². The Labute approximate surface area is 319 Å². The van der Waals surface area contributed by atoms with Crippen molar-refractivity contribution in [2.24, 2.45) is 0 Å². The molecular formula is C43H79O8P. The van der Waals surface area contributed by atoms with Crippen LogP contribution in [-0.4, -0.2) is 41.0 Å². The number of carbonyl (C=O) groups excluding carboxylic acids is 2. The molecule has 0 saturated carbocycles. The van der Waals surface area contributed by atoms with Crippen LogP contribution in [-0.2, 0) is 28.2 Å². The molecule has 0 saturated heterocycles. The third kappa shape index (κ3) is 41.0. The van der Waals surface area contributed by atoms with Gasteiger partial charge in [-0.05, 0) is 70.6 Å². The maximum absolute atomic E-state index is 12.4. The van der Waals surface area contributed by atoms with Crippen molar-refractivity contribution < 1.29 is 37.9 Å². The Balaban J connectivity index is 3.92. The summed E-state index contributed by atoms with van der Waals surface area (Å²) in [6.07, 6.45) is 45.8. The lowest BCUT2D eigenvalue weighted by molar-refractivity contribution is -0.161. The van der Waals surface area contributed by atoms with E-state index >= 15 is 0 Å². The van der Waals surface area contributed by atoms with Gasteiger partial charge < -0.3 is 19.3 Å². The van der Waals surface area contributed by atoms with Crippen LogP contribution in [0.15, 0.2) is 36.5 Å². The predicted octanol–water partition coefficient (Wildman–Crippen LogP) is 13.0. The van der Waals surface area contributed by atoms with E-state index in [1.807, 2.05) is 0 Å². The Morgan fingerprint density at radius 2 is 0.865 bits per heavy atom. The van der Waals surface area contributed by atoms with E-state index in [1.165, 1.54) is 109 Å². The minimum atomic E-state index is -4.76. The quantitative estimate of drug-likeness (QED) is 0.0275. The van der Waals surface area contributed by atoms with Crippen molar-refractivity contribution in [3.63, 3.8) is 0 Å². The lowest BCUT2D eigenvalue weighted by atomic mass is 10.1. The molecule has 0 fully saturated rings. The van der Waals surface area contributed by atoms with Gasteiger partial charge in [0, 0.05) is 12.8 Å². The molecule has 9 heteroatoms. The van der Waals surface area contributed by atoms with Crippen LogP contribution in [0, 0.1) is 0 Å². The zero-order chi connectivity index (χ0) is 38.2. The summed E-state index contributed by atoms with van der Waals surface area (Å²) in [5.41, 5.74) is 0. The second kappa shape index (κ2) is 39.0. The molecular weight excluding hydrogens is 675 g/mol. The molecule has 0 rings (SSSR count). The van der Waals surface area contributed by atoms with E-state index in [1.54, 1.807) is 0 Å². The average Bonchev–Trinajstić information content (AvgIpc) is 3.11. The van der Waals surface area contributed by atoms with E-state index in [0.717, 1.165) is 57.8 Å². The van der Waals surface area contributed by atoms with Gasteiger partial charge >= 0.3 is 19.8 Å². The van der Waals surface area contributed by atoms with E-state index in [9.17, 15) is 14.2 Å². The maximum Gasteiger partial charge on any atom is 0.469 e. The summed E-state index contributed by atoms with van der Waals surface area (Å²) in [6.45, 7) is 3.65. The number of allylic oxidation sites excluding steroid dienone is 6. The highest BCUT2D eigenvalue weighted by molar-refractivity contribution is 7.46. The second-order valence-electron chi connectivity index (χ2n) is 14.3. The molecule has 0 heterocycles. The summed E-state index contributed by atoms with van der Waals surface area (Å²) in [5.74, 6) is -0.899.